The van der Waals surface area contributed by atoms with Crippen LogP contribution in [0.1, 0.15) is 27.0 Å². The first-order chi connectivity index (χ1) is 16.7. The van der Waals surface area contributed by atoms with Gasteiger partial charge in [0.15, 0.2) is 16.0 Å². The lowest BCUT2D eigenvalue weighted by Gasteiger charge is -2.18. The number of hydrogen-bond acceptors (Lipinski definition) is 5. The highest BCUT2D eigenvalue weighted by Gasteiger charge is 2.37. The van der Waals surface area contributed by atoms with E-state index in [1.165, 1.54) is 18.1 Å². The highest BCUT2D eigenvalue weighted by molar-refractivity contribution is 7.90. The summed E-state index contributed by atoms with van der Waals surface area (Å²) in [5, 5.41) is 0. The molecule has 1 heterocycles. The summed E-state index contributed by atoms with van der Waals surface area (Å²) < 4.78 is 51.8. The molecule has 8 heteroatoms. The van der Waals surface area contributed by atoms with Crippen molar-refractivity contribution in [2.75, 3.05) is 20.2 Å². The van der Waals surface area contributed by atoms with Crippen molar-refractivity contribution < 1.29 is 27.1 Å². The Balaban J connectivity index is 1.47. The van der Waals surface area contributed by atoms with Crippen molar-refractivity contribution in [1.29, 1.82) is 0 Å². The van der Waals surface area contributed by atoms with Gasteiger partial charge in [-0.3, -0.25) is 4.79 Å². The van der Waals surface area contributed by atoms with Crippen LogP contribution in [0.4, 0.5) is 4.39 Å². The molecule has 0 radical (unpaired) electrons. The fraction of sp³-hybridized carbons (Fsp3) is 0.296. The average Bonchev–Trinajstić information content (AvgIpc) is 3.20. The maximum absolute atomic E-state index is 14.8. The highest BCUT2D eigenvalue weighted by atomic mass is 32.2. The zero-order valence-electron chi connectivity index (χ0n) is 19.9. The van der Waals surface area contributed by atoms with Gasteiger partial charge in [-0.2, -0.15) is 0 Å². The first kappa shape index (κ1) is 24.7. The quantitative estimate of drug-likeness (QED) is 0.480. The number of alkyl halides is 1. The Kier molecular flexibility index (Phi) is 7.12. The summed E-state index contributed by atoms with van der Waals surface area (Å²) in [5.41, 5.74) is 2.86. The second-order valence-electron chi connectivity index (χ2n) is 8.76. The molecule has 1 fully saturated rings. The third kappa shape index (κ3) is 5.48. The first-order valence-electron chi connectivity index (χ1n) is 11.3. The predicted molar refractivity (Wildman–Crippen MR) is 131 cm³/mol. The Morgan fingerprint density at radius 1 is 1.03 bits per heavy atom. The van der Waals surface area contributed by atoms with E-state index in [2.05, 4.69) is 0 Å². The van der Waals surface area contributed by atoms with Crippen molar-refractivity contribution in [2.45, 2.75) is 36.8 Å². The molecular formula is C27H28FNO5S. The molecule has 6 nitrogen and oxygen atoms in total. The Hall–Kier alpha value is -3.39. The first-order valence-corrected chi connectivity index (χ1v) is 12.9. The summed E-state index contributed by atoms with van der Waals surface area (Å²) in [5.74, 6) is 0.147. The summed E-state index contributed by atoms with van der Waals surface area (Å²) in [6.07, 6.45) is -2.20. The van der Waals surface area contributed by atoms with Gasteiger partial charge >= 0.3 is 0 Å². The van der Waals surface area contributed by atoms with Gasteiger partial charge in [-0.1, -0.05) is 42.0 Å². The summed E-state index contributed by atoms with van der Waals surface area (Å²) in [6.45, 7) is 3.81. The number of amides is 1. The molecule has 0 aliphatic carbocycles. The zero-order chi connectivity index (χ0) is 25.2. The maximum Gasteiger partial charge on any atom is 0.254 e. The molecule has 35 heavy (non-hydrogen) atoms. The van der Waals surface area contributed by atoms with Crippen LogP contribution in [0, 0.1) is 13.8 Å². The number of likely N-dealkylation sites (tertiary alicyclic amines) is 1. The largest absolute Gasteiger partial charge is 0.495 e. The molecule has 1 aliphatic rings. The molecule has 2 unspecified atom stereocenters. The summed E-state index contributed by atoms with van der Waals surface area (Å²) >= 11 is 0. The monoisotopic (exact) mass is 497 g/mol. The van der Waals surface area contributed by atoms with Crippen LogP contribution < -0.4 is 9.47 Å². The van der Waals surface area contributed by atoms with Gasteiger partial charge in [-0.05, 0) is 55.3 Å². The van der Waals surface area contributed by atoms with Gasteiger partial charge in [-0.25, -0.2) is 12.8 Å². The number of carbonyl (C=O) groups excluding carboxylic acids is 1. The Morgan fingerprint density at radius 3 is 2.57 bits per heavy atom. The van der Waals surface area contributed by atoms with E-state index >= 15 is 0 Å². The number of sulfone groups is 1. The van der Waals surface area contributed by atoms with Gasteiger partial charge in [0.25, 0.3) is 5.91 Å². The highest BCUT2D eigenvalue weighted by Crippen LogP contribution is 2.28. The number of ether oxygens (including phenoxy) is 2. The van der Waals surface area contributed by atoms with Crippen molar-refractivity contribution in [2.24, 2.45) is 0 Å². The minimum Gasteiger partial charge on any atom is -0.495 e. The number of carbonyl (C=O) groups is 1. The average molecular weight is 498 g/mol. The molecule has 0 bridgehead atoms. The molecule has 3 aromatic rings. The van der Waals surface area contributed by atoms with Crippen LogP contribution in [-0.2, 0) is 15.6 Å². The molecule has 1 saturated heterocycles. The second kappa shape index (κ2) is 10.1. The van der Waals surface area contributed by atoms with E-state index in [-0.39, 0.29) is 35.4 Å². The minimum absolute atomic E-state index is 0.0568. The molecule has 2 atom stereocenters. The van der Waals surface area contributed by atoms with Gasteiger partial charge < -0.3 is 14.4 Å². The fourth-order valence-corrected chi connectivity index (χ4v) is 5.72. The van der Waals surface area contributed by atoms with E-state index < -0.39 is 22.1 Å². The number of methoxy groups -OCH3 is 1. The third-order valence-electron chi connectivity index (χ3n) is 6.06. The lowest BCUT2D eigenvalue weighted by molar-refractivity contribution is 0.0771. The molecule has 1 aliphatic heterocycles. The van der Waals surface area contributed by atoms with Gasteiger partial charge in [0.05, 0.1) is 26.0 Å². The summed E-state index contributed by atoms with van der Waals surface area (Å²) in [6, 6.07) is 18.7. The normalized spacial score (nSPS) is 17.9. The van der Waals surface area contributed by atoms with Crippen LogP contribution in [0.25, 0.3) is 0 Å². The van der Waals surface area contributed by atoms with Crippen LogP contribution in [0.2, 0.25) is 0 Å². The fourth-order valence-electron chi connectivity index (χ4n) is 4.20. The predicted octanol–water partition coefficient (Wildman–Crippen LogP) is 4.53. The smallest absolute Gasteiger partial charge is 0.254 e. The molecule has 0 N–H and O–H groups in total. The van der Waals surface area contributed by atoms with Crippen molar-refractivity contribution >= 4 is 15.7 Å². The Bertz CT molecular complexity index is 1340. The van der Waals surface area contributed by atoms with Crippen LogP contribution in [0.5, 0.6) is 11.5 Å². The SMILES string of the molecule is COc1ccccc1S(=O)(=O)Cc1cccc(OC2CN(C(=O)c3cc(C)ccc3C)CC2F)c1. The standard InChI is InChI=1S/C27H28FNO5S/c1-18-11-12-19(2)22(13-18)27(30)29-15-23(28)25(16-29)34-21-8-6-7-20(14-21)17-35(31,32)26-10-5-4-9-24(26)33-3/h4-14,23,25H,15-17H2,1-3H3. The molecule has 3 aromatic carbocycles. The van der Waals surface area contributed by atoms with Crippen LogP contribution in [-0.4, -0.2) is 51.7 Å². The molecule has 184 valence electrons. The second-order valence-corrected chi connectivity index (χ2v) is 10.7. The molecule has 4 rings (SSSR count). The lowest BCUT2D eigenvalue weighted by Crippen LogP contribution is -2.31. The molecular weight excluding hydrogens is 469 g/mol. The van der Waals surface area contributed by atoms with Gasteiger partial charge in [0, 0.05) is 5.56 Å². The molecule has 0 spiro atoms. The number of aryl methyl sites for hydroxylation is 2. The van der Waals surface area contributed by atoms with Crippen molar-refractivity contribution in [3.8, 4) is 11.5 Å². The van der Waals surface area contributed by atoms with Crippen molar-refractivity contribution in [3.05, 3.63) is 89.0 Å². The van der Waals surface area contributed by atoms with Gasteiger partial charge in [0.1, 0.15) is 22.5 Å². The number of para-hydroxylation sites is 1. The van der Waals surface area contributed by atoms with E-state index in [0.29, 0.717) is 16.9 Å². The number of halogens is 1. The van der Waals surface area contributed by atoms with Crippen LogP contribution in [0.3, 0.4) is 0 Å². The van der Waals surface area contributed by atoms with Crippen LogP contribution >= 0.6 is 0 Å². The molecule has 0 saturated carbocycles. The zero-order valence-corrected chi connectivity index (χ0v) is 20.7. The van der Waals surface area contributed by atoms with E-state index in [1.807, 2.05) is 32.0 Å². The van der Waals surface area contributed by atoms with E-state index in [1.54, 1.807) is 42.5 Å². The Labute approximate surface area is 205 Å². The lowest BCUT2D eigenvalue weighted by atomic mass is 10.0. The number of hydrogen-bond donors (Lipinski definition) is 0. The number of nitrogens with zero attached hydrogens (tertiary/aromatic N) is 1. The number of rotatable bonds is 7. The summed E-state index contributed by atoms with van der Waals surface area (Å²) in [7, 11) is -2.25. The molecule has 0 aromatic heterocycles. The van der Waals surface area contributed by atoms with E-state index in [9.17, 15) is 17.6 Å². The third-order valence-corrected chi connectivity index (χ3v) is 7.78. The molecule has 1 amide bonds. The summed E-state index contributed by atoms with van der Waals surface area (Å²) in [4.78, 5) is 14.6. The number of benzene rings is 3. The van der Waals surface area contributed by atoms with Crippen LogP contribution in [0.15, 0.2) is 71.6 Å². The van der Waals surface area contributed by atoms with E-state index in [4.69, 9.17) is 9.47 Å². The van der Waals surface area contributed by atoms with Gasteiger partial charge in [-0.15, -0.1) is 0 Å². The van der Waals surface area contributed by atoms with Gasteiger partial charge in [0.2, 0.25) is 0 Å². The Morgan fingerprint density at radius 2 is 1.80 bits per heavy atom. The minimum atomic E-state index is -3.68. The maximum atomic E-state index is 14.8. The topological polar surface area (TPSA) is 72.9 Å². The van der Waals surface area contributed by atoms with Crippen molar-refractivity contribution in [1.82, 2.24) is 4.90 Å². The van der Waals surface area contributed by atoms with E-state index in [0.717, 1.165) is 11.1 Å². The van der Waals surface area contributed by atoms with Crippen molar-refractivity contribution in [3.63, 3.8) is 0 Å².